The van der Waals surface area contributed by atoms with E-state index in [9.17, 15) is 4.79 Å². The maximum absolute atomic E-state index is 12.0. The minimum atomic E-state index is -0.421. The lowest BCUT2D eigenvalue weighted by atomic mass is 9.92. The van der Waals surface area contributed by atoms with Crippen LogP contribution < -0.4 is 16.4 Å². The highest BCUT2D eigenvalue weighted by atomic mass is 35.5. The van der Waals surface area contributed by atoms with Gasteiger partial charge < -0.3 is 21.1 Å². The molecule has 1 aliphatic rings. The summed E-state index contributed by atoms with van der Waals surface area (Å²) in [6.07, 6.45) is 4.41. The zero-order valence-electron chi connectivity index (χ0n) is 14.0. The molecule has 0 aliphatic carbocycles. The second kappa shape index (κ2) is 12.3. The van der Waals surface area contributed by atoms with Gasteiger partial charge in [-0.3, -0.25) is 4.79 Å². The van der Waals surface area contributed by atoms with E-state index in [-0.39, 0.29) is 36.6 Å². The highest BCUT2D eigenvalue weighted by Crippen LogP contribution is 2.17. The minimum absolute atomic E-state index is 0. The van der Waals surface area contributed by atoms with Gasteiger partial charge in [0.15, 0.2) is 0 Å². The first kappa shape index (κ1) is 22.9. The molecule has 1 amide bonds. The summed E-state index contributed by atoms with van der Waals surface area (Å²) in [5, 5.41) is 6.14. The second-order valence-electron chi connectivity index (χ2n) is 5.77. The Morgan fingerprint density at radius 3 is 2.67 bits per heavy atom. The Morgan fingerprint density at radius 2 is 2.04 bits per heavy atom. The molecule has 0 saturated carbocycles. The van der Waals surface area contributed by atoms with Crippen molar-refractivity contribution in [2.45, 2.75) is 32.2 Å². The van der Waals surface area contributed by atoms with Gasteiger partial charge in [-0.25, -0.2) is 4.98 Å². The monoisotopic (exact) mass is 378 g/mol. The van der Waals surface area contributed by atoms with Gasteiger partial charge in [-0.2, -0.15) is 0 Å². The number of carbonyl (C=O) groups excluding carboxylic acids is 1. The van der Waals surface area contributed by atoms with Crippen LogP contribution in [0.4, 0.5) is 5.82 Å². The van der Waals surface area contributed by atoms with E-state index in [0.29, 0.717) is 19.8 Å². The number of hydrogen-bond acceptors (Lipinski definition) is 5. The van der Waals surface area contributed by atoms with Crippen molar-refractivity contribution in [2.24, 2.45) is 11.7 Å². The van der Waals surface area contributed by atoms with Crippen LogP contribution in [0.15, 0.2) is 18.3 Å². The predicted molar refractivity (Wildman–Crippen MR) is 101 cm³/mol. The van der Waals surface area contributed by atoms with Crippen molar-refractivity contribution in [3.05, 3.63) is 23.9 Å². The van der Waals surface area contributed by atoms with Crippen LogP contribution in [-0.4, -0.2) is 43.2 Å². The largest absolute Gasteiger partial charge is 0.381 e. The molecule has 1 aromatic rings. The SMILES string of the molecule is Cc1ccc(NCCCNC(=O)C(N)C2CCOCC2)nc1.Cl.Cl. The summed E-state index contributed by atoms with van der Waals surface area (Å²) in [6.45, 7) is 4.81. The zero-order valence-corrected chi connectivity index (χ0v) is 15.6. The number of anilines is 1. The fourth-order valence-electron chi connectivity index (χ4n) is 2.50. The summed E-state index contributed by atoms with van der Waals surface area (Å²) >= 11 is 0. The molecular weight excluding hydrogens is 351 g/mol. The van der Waals surface area contributed by atoms with Gasteiger partial charge in [-0.1, -0.05) is 6.07 Å². The normalized spacial score (nSPS) is 15.6. The Balaban J connectivity index is 0.00000264. The Bertz CT molecular complexity index is 468. The van der Waals surface area contributed by atoms with E-state index in [0.717, 1.165) is 37.2 Å². The van der Waals surface area contributed by atoms with Crippen LogP contribution in [-0.2, 0) is 9.53 Å². The molecule has 1 saturated heterocycles. The summed E-state index contributed by atoms with van der Waals surface area (Å²) < 4.78 is 5.29. The van der Waals surface area contributed by atoms with Gasteiger partial charge in [-0.05, 0) is 43.7 Å². The Kier molecular flexibility index (Phi) is 11.8. The van der Waals surface area contributed by atoms with Crippen LogP contribution in [0.1, 0.15) is 24.8 Å². The first-order valence-corrected chi connectivity index (χ1v) is 7.94. The Labute approximate surface area is 156 Å². The average molecular weight is 379 g/mol. The number of amides is 1. The smallest absolute Gasteiger partial charge is 0.237 e. The third-order valence-corrected chi connectivity index (χ3v) is 3.95. The molecule has 1 aliphatic heterocycles. The fourth-order valence-corrected chi connectivity index (χ4v) is 2.50. The molecule has 24 heavy (non-hydrogen) atoms. The lowest BCUT2D eigenvalue weighted by Gasteiger charge is -2.26. The van der Waals surface area contributed by atoms with Gasteiger partial charge in [-0.15, -0.1) is 24.8 Å². The first-order chi connectivity index (χ1) is 10.7. The Hall–Kier alpha value is -1.08. The maximum atomic E-state index is 12.0. The number of aryl methyl sites for hydroxylation is 1. The number of aromatic nitrogens is 1. The van der Waals surface area contributed by atoms with E-state index in [1.54, 1.807) is 0 Å². The molecule has 138 valence electrons. The molecule has 1 aromatic heterocycles. The van der Waals surface area contributed by atoms with Crippen LogP contribution in [0.5, 0.6) is 0 Å². The molecule has 2 heterocycles. The van der Waals surface area contributed by atoms with Crippen molar-refractivity contribution >= 4 is 36.5 Å². The molecular formula is C16H28Cl2N4O2. The van der Waals surface area contributed by atoms with Crippen molar-refractivity contribution in [2.75, 3.05) is 31.6 Å². The van der Waals surface area contributed by atoms with Gasteiger partial charge in [0.25, 0.3) is 0 Å². The number of nitrogens with two attached hydrogens (primary N) is 1. The molecule has 8 heteroatoms. The van der Waals surface area contributed by atoms with Crippen molar-refractivity contribution in [1.82, 2.24) is 10.3 Å². The van der Waals surface area contributed by atoms with E-state index in [4.69, 9.17) is 10.5 Å². The van der Waals surface area contributed by atoms with Gasteiger partial charge >= 0.3 is 0 Å². The third-order valence-electron chi connectivity index (χ3n) is 3.95. The van der Waals surface area contributed by atoms with E-state index < -0.39 is 6.04 Å². The molecule has 4 N–H and O–H groups in total. The highest BCUT2D eigenvalue weighted by molar-refractivity contribution is 5.85. The zero-order chi connectivity index (χ0) is 15.8. The maximum Gasteiger partial charge on any atom is 0.237 e. The van der Waals surface area contributed by atoms with Crippen LogP contribution in [0.3, 0.4) is 0 Å². The number of halogens is 2. The lowest BCUT2D eigenvalue weighted by Crippen LogP contribution is -2.47. The number of ether oxygens (including phenoxy) is 1. The molecule has 2 rings (SSSR count). The second-order valence-corrected chi connectivity index (χ2v) is 5.77. The van der Waals surface area contributed by atoms with Crippen LogP contribution >= 0.6 is 24.8 Å². The van der Waals surface area contributed by atoms with Crippen LogP contribution in [0.2, 0.25) is 0 Å². The number of nitrogens with one attached hydrogen (secondary N) is 2. The molecule has 1 unspecified atom stereocenters. The molecule has 0 radical (unpaired) electrons. The number of nitrogens with zero attached hydrogens (tertiary/aromatic N) is 1. The number of rotatable bonds is 7. The van der Waals surface area contributed by atoms with Crippen LogP contribution in [0, 0.1) is 12.8 Å². The Morgan fingerprint density at radius 1 is 1.33 bits per heavy atom. The average Bonchev–Trinajstić information content (AvgIpc) is 2.56. The van der Waals surface area contributed by atoms with Gasteiger partial charge in [0.1, 0.15) is 5.82 Å². The standard InChI is InChI=1S/C16H26N4O2.2ClH/c1-12-3-4-14(20-11-12)18-7-2-8-19-16(21)15(17)13-5-9-22-10-6-13;;/h3-4,11,13,15H,2,5-10,17H2,1H3,(H,18,20)(H,19,21);2*1H. The van der Waals surface area contributed by atoms with E-state index in [1.165, 1.54) is 0 Å². The lowest BCUT2D eigenvalue weighted by molar-refractivity contribution is -0.124. The van der Waals surface area contributed by atoms with Crippen molar-refractivity contribution in [1.29, 1.82) is 0 Å². The van der Waals surface area contributed by atoms with Gasteiger partial charge in [0.2, 0.25) is 5.91 Å². The van der Waals surface area contributed by atoms with Gasteiger partial charge in [0, 0.05) is 32.5 Å². The summed E-state index contributed by atoms with van der Waals surface area (Å²) in [6, 6.07) is 3.55. The van der Waals surface area contributed by atoms with E-state index in [1.807, 2.05) is 25.3 Å². The molecule has 0 aromatic carbocycles. The van der Waals surface area contributed by atoms with Crippen molar-refractivity contribution in [3.8, 4) is 0 Å². The number of carbonyl (C=O) groups is 1. The molecule has 6 nitrogen and oxygen atoms in total. The quantitative estimate of drug-likeness (QED) is 0.630. The predicted octanol–water partition coefficient (Wildman–Crippen LogP) is 1.91. The minimum Gasteiger partial charge on any atom is -0.381 e. The van der Waals surface area contributed by atoms with Crippen molar-refractivity contribution in [3.63, 3.8) is 0 Å². The summed E-state index contributed by atoms with van der Waals surface area (Å²) in [4.78, 5) is 16.3. The summed E-state index contributed by atoms with van der Waals surface area (Å²) in [5.74, 6) is 1.04. The van der Waals surface area contributed by atoms with Crippen molar-refractivity contribution < 1.29 is 9.53 Å². The fraction of sp³-hybridized carbons (Fsp3) is 0.625. The molecule has 1 fully saturated rings. The topological polar surface area (TPSA) is 89.3 Å². The van der Waals surface area contributed by atoms with Crippen LogP contribution in [0.25, 0.3) is 0 Å². The highest BCUT2D eigenvalue weighted by Gasteiger charge is 2.26. The first-order valence-electron chi connectivity index (χ1n) is 7.94. The summed E-state index contributed by atoms with van der Waals surface area (Å²) in [7, 11) is 0. The third kappa shape index (κ3) is 7.66. The number of pyridine rings is 1. The molecule has 1 atom stereocenters. The summed E-state index contributed by atoms with van der Waals surface area (Å²) in [5.41, 5.74) is 7.16. The number of hydrogen-bond donors (Lipinski definition) is 3. The van der Waals surface area contributed by atoms with Gasteiger partial charge in [0.05, 0.1) is 6.04 Å². The molecule has 0 spiro atoms. The van der Waals surface area contributed by atoms with E-state index in [2.05, 4.69) is 15.6 Å². The van der Waals surface area contributed by atoms with E-state index >= 15 is 0 Å². The molecule has 0 bridgehead atoms.